The molecule has 0 fully saturated rings. The fraction of sp³-hybridized carbons (Fsp3) is 0.500. The Morgan fingerprint density at radius 2 is 1.89 bits per heavy atom. The Morgan fingerprint density at radius 1 is 1.22 bits per heavy atom. The second-order valence-electron chi connectivity index (χ2n) is 4.45. The van der Waals surface area contributed by atoms with E-state index in [9.17, 15) is 14.7 Å². The zero-order valence-corrected chi connectivity index (χ0v) is 10.8. The van der Waals surface area contributed by atoms with Gasteiger partial charge in [0, 0.05) is 26.5 Å². The summed E-state index contributed by atoms with van der Waals surface area (Å²) < 4.78 is 4.33. The maximum Gasteiger partial charge on any atom is 0.330 e. The Hall–Kier alpha value is -1.82. The van der Waals surface area contributed by atoms with Crippen molar-refractivity contribution in [1.29, 1.82) is 0 Å². The van der Waals surface area contributed by atoms with E-state index < -0.39 is 0 Å². The van der Waals surface area contributed by atoms with Crippen LogP contribution in [0.3, 0.4) is 0 Å². The molecule has 2 heterocycles. The third-order valence-corrected chi connectivity index (χ3v) is 3.40. The van der Waals surface area contributed by atoms with Crippen LogP contribution < -0.4 is 11.2 Å². The Balaban J connectivity index is 2.80. The van der Waals surface area contributed by atoms with Crippen molar-refractivity contribution in [3.8, 4) is 0 Å². The summed E-state index contributed by atoms with van der Waals surface area (Å²) in [6, 6.07) is -0.0720. The molecule has 0 aliphatic carbocycles. The van der Waals surface area contributed by atoms with Crippen LogP contribution >= 0.6 is 0 Å². The zero-order chi connectivity index (χ0) is 13.4. The van der Waals surface area contributed by atoms with Gasteiger partial charge in [0.1, 0.15) is 0 Å². The quantitative estimate of drug-likeness (QED) is 0.833. The molecule has 6 heteroatoms. The molecular formula is C12H17N3O3. The van der Waals surface area contributed by atoms with Crippen molar-refractivity contribution in [3.63, 3.8) is 0 Å². The van der Waals surface area contributed by atoms with Gasteiger partial charge >= 0.3 is 5.69 Å². The van der Waals surface area contributed by atoms with Crippen LogP contribution in [-0.2, 0) is 14.1 Å². The van der Waals surface area contributed by atoms with E-state index in [-0.39, 0.29) is 23.9 Å². The molecule has 1 atom stereocenters. The molecule has 0 radical (unpaired) electrons. The molecule has 0 saturated carbocycles. The molecule has 98 valence electrons. The molecule has 6 nitrogen and oxygen atoms in total. The summed E-state index contributed by atoms with van der Waals surface area (Å²) in [7, 11) is 3.10. The summed E-state index contributed by atoms with van der Waals surface area (Å²) in [6.45, 7) is 1.97. The van der Waals surface area contributed by atoms with Crippen molar-refractivity contribution >= 4 is 10.9 Å². The number of aromatic nitrogens is 3. The smallest absolute Gasteiger partial charge is 0.330 e. The number of hydrogen-bond acceptors (Lipinski definition) is 3. The van der Waals surface area contributed by atoms with Gasteiger partial charge in [0.05, 0.1) is 23.6 Å². The molecule has 2 rings (SSSR count). The summed E-state index contributed by atoms with van der Waals surface area (Å²) in [4.78, 5) is 23.8. The van der Waals surface area contributed by atoms with Gasteiger partial charge in [0.15, 0.2) is 0 Å². The number of aliphatic hydroxyl groups excluding tert-OH is 1. The first-order chi connectivity index (χ1) is 8.51. The Bertz CT molecular complexity index is 689. The molecule has 0 aliphatic heterocycles. The lowest BCUT2D eigenvalue weighted by Gasteiger charge is -2.12. The minimum atomic E-state index is -0.345. The molecule has 0 spiro atoms. The van der Waals surface area contributed by atoms with Gasteiger partial charge in [0.2, 0.25) is 0 Å². The highest BCUT2D eigenvalue weighted by Crippen LogP contribution is 2.16. The van der Waals surface area contributed by atoms with Gasteiger partial charge in [-0.1, -0.05) is 6.92 Å². The largest absolute Gasteiger partial charge is 0.394 e. The van der Waals surface area contributed by atoms with E-state index in [0.29, 0.717) is 10.9 Å². The minimum Gasteiger partial charge on any atom is -0.394 e. The molecule has 0 amide bonds. The van der Waals surface area contributed by atoms with Crippen LogP contribution in [0.15, 0.2) is 22.0 Å². The van der Waals surface area contributed by atoms with Crippen LogP contribution in [0.1, 0.15) is 19.4 Å². The lowest BCUT2D eigenvalue weighted by Crippen LogP contribution is -2.36. The van der Waals surface area contributed by atoms with E-state index in [1.54, 1.807) is 24.0 Å². The number of hydrogen-bond donors (Lipinski definition) is 1. The molecule has 18 heavy (non-hydrogen) atoms. The van der Waals surface area contributed by atoms with E-state index in [4.69, 9.17) is 0 Å². The summed E-state index contributed by atoms with van der Waals surface area (Å²) in [5, 5.41) is 9.77. The molecule has 0 aliphatic rings. The fourth-order valence-corrected chi connectivity index (χ4v) is 2.14. The second kappa shape index (κ2) is 4.45. The van der Waals surface area contributed by atoms with Gasteiger partial charge in [-0.25, -0.2) is 4.79 Å². The second-order valence-corrected chi connectivity index (χ2v) is 4.45. The predicted molar refractivity (Wildman–Crippen MR) is 68.8 cm³/mol. The average Bonchev–Trinajstić information content (AvgIpc) is 2.80. The Labute approximate surface area is 104 Å². The number of rotatable bonds is 3. The van der Waals surface area contributed by atoms with Crippen molar-refractivity contribution in [2.75, 3.05) is 6.61 Å². The van der Waals surface area contributed by atoms with Gasteiger partial charge in [-0.3, -0.25) is 13.9 Å². The standard InChI is InChI=1S/C12H17N3O3/c1-4-8(7-16)15-5-9-10(6-15)13(2)12(18)14(3)11(9)17/h5-6,8,16H,4,7H2,1-3H3. The van der Waals surface area contributed by atoms with Gasteiger partial charge in [-0.2, -0.15) is 0 Å². The number of aryl methyl sites for hydroxylation is 1. The summed E-state index contributed by atoms with van der Waals surface area (Å²) in [5.74, 6) is 0. The number of nitrogens with zero attached hydrogens (tertiary/aromatic N) is 3. The first kappa shape index (κ1) is 12.6. The lowest BCUT2D eigenvalue weighted by atomic mass is 10.2. The van der Waals surface area contributed by atoms with Crippen LogP contribution in [0, 0.1) is 0 Å². The van der Waals surface area contributed by atoms with E-state index in [1.165, 1.54) is 11.6 Å². The Kier molecular flexibility index (Phi) is 3.13. The average molecular weight is 251 g/mol. The molecule has 2 aromatic rings. The normalized spacial score (nSPS) is 13.1. The molecular weight excluding hydrogens is 234 g/mol. The highest BCUT2D eigenvalue weighted by Gasteiger charge is 2.14. The zero-order valence-electron chi connectivity index (χ0n) is 10.8. The van der Waals surface area contributed by atoms with Gasteiger partial charge < -0.3 is 9.67 Å². The SMILES string of the molecule is CCC(CO)n1cc2c(=O)n(C)c(=O)n(C)c2c1. The summed E-state index contributed by atoms with van der Waals surface area (Å²) >= 11 is 0. The third-order valence-electron chi connectivity index (χ3n) is 3.40. The lowest BCUT2D eigenvalue weighted by molar-refractivity contribution is 0.225. The van der Waals surface area contributed by atoms with Crippen molar-refractivity contribution in [2.45, 2.75) is 19.4 Å². The highest BCUT2D eigenvalue weighted by atomic mass is 16.3. The van der Waals surface area contributed by atoms with Crippen LogP contribution in [0.2, 0.25) is 0 Å². The first-order valence-electron chi connectivity index (χ1n) is 5.89. The molecule has 1 unspecified atom stereocenters. The van der Waals surface area contributed by atoms with Crippen LogP contribution in [0.4, 0.5) is 0 Å². The van der Waals surface area contributed by atoms with Crippen molar-refractivity contribution in [3.05, 3.63) is 33.2 Å². The maximum atomic E-state index is 12.0. The predicted octanol–water partition coefficient (Wildman–Crippen LogP) is -0.0179. The number of fused-ring (bicyclic) bond motifs is 1. The molecule has 0 saturated heterocycles. The van der Waals surface area contributed by atoms with E-state index >= 15 is 0 Å². The van der Waals surface area contributed by atoms with Crippen molar-refractivity contribution in [2.24, 2.45) is 14.1 Å². The van der Waals surface area contributed by atoms with E-state index in [0.717, 1.165) is 11.0 Å². The highest BCUT2D eigenvalue weighted by molar-refractivity contribution is 5.77. The van der Waals surface area contributed by atoms with Gasteiger partial charge in [-0.05, 0) is 6.42 Å². The van der Waals surface area contributed by atoms with E-state index in [2.05, 4.69) is 0 Å². The molecule has 2 aromatic heterocycles. The fourth-order valence-electron chi connectivity index (χ4n) is 2.14. The molecule has 0 aromatic carbocycles. The topological polar surface area (TPSA) is 69.2 Å². The molecule has 1 N–H and O–H groups in total. The summed E-state index contributed by atoms with van der Waals surface area (Å²) in [5.41, 5.74) is -0.0584. The van der Waals surface area contributed by atoms with E-state index in [1.807, 2.05) is 6.92 Å². The van der Waals surface area contributed by atoms with Crippen LogP contribution in [0.5, 0.6) is 0 Å². The monoisotopic (exact) mass is 251 g/mol. The number of aliphatic hydroxyl groups is 1. The molecule has 0 bridgehead atoms. The van der Waals surface area contributed by atoms with Crippen molar-refractivity contribution < 1.29 is 5.11 Å². The Morgan fingerprint density at radius 3 is 2.44 bits per heavy atom. The third kappa shape index (κ3) is 1.69. The van der Waals surface area contributed by atoms with Crippen LogP contribution in [-0.4, -0.2) is 25.4 Å². The van der Waals surface area contributed by atoms with Crippen LogP contribution in [0.25, 0.3) is 10.9 Å². The minimum absolute atomic E-state index is 0.00570. The maximum absolute atomic E-state index is 12.0. The summed E-state index contributed by atoms with van der Waals surface area (Å²) in [6.07, 6.45) is 4.19. The van der Waals surface area contributed by atoms with Crippen molar-refractivity contribution in [1.82, 2.24) is 13.7 Å². The van der Waals surface area contributed by atoms with Gasteiger partial charge in [-0.15, -0.1) is 0 Å². The van der Waals surface area contributed by atoms with Gasteiger partial charge in [0.25, 0.3) is 5.56 Å². The first-order valence-corrected chi connectivity index (χ1v) is 5.89.